The lowest BCUT2D eigenvalue weighted by atomic mass is 9.99. The van der Waals surface area contributed by atoms with Gasteiger partial charge < -0.3 is 19.1 Å². The Bertz CT molecular complexity index is 2000. The summed E-state index contributed by atoms with van der Waals surface area (Å²) in [5.41, 5.74) is 4.75. The molecule has 3 aliphatic heterocycles. The molecule has 0 spiro atoms. The lowest BCUT2D eigenvalue weighted by Crippen LogP contribution is -2.32. The summed E-state index contributed by atoms with van der Waals surface area (Å²) in [5.74, 6) is 3.74. The van der Waals surface area contributed by atoms with Crippen molar-refractivity contribution in [1.29, 1.82) is 0 Å². The molecule has 0 aromatic heterocycles. The maximum absolute atomic E-state index is 11.7. The lowest BCUT2D eigenvalue weighted by Gasteiger charge is -2.30. The smallest absolute Gasteiger partial charge is 0.162 e. The summed E-state index contributed by atoms with van der Waals surface area (Å²) < 4.78 is 17.2. The molecule has 0 aliphatic carbocycles. The number of Topliss-reactive ketones (excluding diaryl/α,β-unsaturated/α-hetero) is 3. The Kier molecular flexibility index (Phi) is 22.5. The van der Waals surface area contributed by atoms with E-state index in [4.69, 9.17) is 14.2 Å². The van der Waals surface area contributed by atoms with Crippen molar-refractivity contribution in [3.05, 3.63) is 137 Å². The minimum absolute atomic E-state index is 0.0744. The van der Waals surface area contributed by atoms with Crippen LogP contribution in [0.15, 0.2) is 109 Å². The van der Waals surface area contributed by atoms with Crippen LogP contribution in [-0.2, 0) is 13.2 Å². The third kappa shape index (κ3) is 19.5. The van der Waals surface area contributed by atoms with Gasteiger partial charge in [0.05, 0.1) is 13.2 Å². The molecule has 0 N–H and O–H groups in total. The Balaban J connectivity index is 0.000000185. The van der Waals surface area contributed by atoms with E-state index in [2.05, 4.69) is 58.0 Å². The normalized spacial score (nSPS) is 15.8. The molecule has 3 aliphatic rings. The van der Waals surface area contributed by atoms with Crippen LogP contribution in [0, 0.1) is 5.92 Å². The standard InChI is InChI=1S/C22H27NO2.C18H27NO2.C16H21NO2/c1-17-11-13-23(14-12-17)15-19-3-5-20(6-4-19)16-25-22-9-7-21(8-10-22)18(2)24;1-2-7-18(20)16-8-10-17(11-9-16)21-15-6-14-19-12-4-3-5-13-19;1-14(18)15-6-8-16(9-7-15)19-13-5-12-17-10-3-2-4-11-17/h3-10,17H,11-16H2,1-2H3;8-11H,2-7,12-15H2,1H3;2-3,6-9H,4-5,10-13H2,1H3. The molecule has 4 aromatic rings. The Morgan fingerprint density at radius 3 is 1.57 bits per heavy atom. The van der Waals surface area contributed by atoms with E-state index in [9.17, 15) is 14.4 Å². The summed E-state index contributed by atoms with van der Waals surface area (Å²) in [4.78, 5) is 41.7. The van der Waals surface area contributed by atoms with Crippen molar-refractivity contribution in [2.75, 3.05) is 65.6 Å². The summed E-state index contributed by atoms with van der Waals surface area (Å²) in [5, 5.41) is 0. The number of ketones is 3. The molecule has 350 valence electrons. The van der Waals surface area contributed by atoms with E-state index in [1.165, 1.54) is 63.8 Å². The first-order valence-corrected chi connectivity index (χ1v) is 24.3. The Hall–Kier alpha value is -5.09. The molecule has 9 heteroatoms. The van der Waals surface area contributed by atoms with Crippen LogP contribution < -0.4 is 14.2 Å². The van der Waals surface area contributed by atoms with Gasteiger partial charge in [0.2, 0.25) is 0 Å². The summed E-state index contributed by atoms with van der Waals surface area (Å²) in [6.45, 7) is 19.9. The number of piperidine rings is 2. The molecule has 4 aromatic carbocycles. The average Bonchev–Trinajstić information content (AvgIpc) is 3.34. The van der Waals surface area contributed by atoms with Gasteiger partial charge in [-0.25, -0.2) is 0 Å². The van der Waals surface area contributed by atoms with E-state index in [0.29, 0.717) is 18.6 Å². The molecule has 3 heterocycles. The van der Waals surface area contributed by atoms with Gasteiger partial charge in [-0.15, -0.1) is 0 Å². The zero-order chi connectivity index (χ0) is 46.1. The fraction of sp³-hybridized carbons (Fsp3) is 0.482. The Morgan fingerprint density at radius 1 is 0.554 bits per heavy atom. The molecule has 0 atom stereocenters. The van der Waals surface area contributed by atoms with Crippen LogP contribution in [0.2, 0.25) is 0 Å². The highest BCUT2D eigenvalue weighted by molar-refractivity contribution is 5.96. The average molecular weight is 886 g/mol. The van der Waals surface area contributed by atoms with Gasteiger partial charge >= 0.3 is 0 Å². The van der Waals surface area contributed by atoms with Crippen LogP contribution in [-0.4, -0.2) is 97.6 Å². The number of carbonyl (C=O) groups is 3. The summed E-state index contributed by atoms with van der Waals surface area (Å²) in [6, 6.07) is 30.9. The van der Waals surface area contributed by atoms with E-state index in [1.54, 1.807) is 26.0 Å². The molecule has 0 unspecified atom stereocenters. The van der Waals surface area contributed by atoms with Crippen molar-refractivity contribution < 1.29 is 28.6 Å². The number of nitrogens with zero attached hydrogens (tertiary/aromatic N) is 3. The Labute approximate surface area is 390 Å². The van der Waals surface area contributed by atoms with Crippen LogP contribution >= 0.6 is 0 Å². The van der Waals surface area contributed by atoms with Gasteiger partial charge in [-0.05, 0) is 181 Å². The lowest BCUT2D eigenvalue weighted by molar-refractivity contribution is 0.0978. The van der Waals surface area contributed by atoms with Crippen LogP contribution in [0.3, 0.4) is 0 Å². The summed E-state index contributed by atoms with van der Waals surface area (Å²) in [6.07, 6.45) is 15.9. The fourth-order valence-electron chi connectivity index (χ4n) is 8.10. The van der Waals surface area contributed by atoms with Crippen molar-refractivity contribution >= 4 is 17.3 Å². The van der Waals surface area contributed by atoms with Crippen molar-refractivity contribution in [1.82, 2.24) is 14.7 Å². The van der Waals surface area contributed by atoms with Crippen molar-refractivity contribution in [2.45, 2.75) is 105 Å². The second-order valence-corrected chi connectivity index (χ2v) is 17.8. The van der Waals surface area contributed by atoms with Crippen molar-refractivity contribution in [2.24, 2.45) is 5.92 Å². The zero-order valence-electron chi connectivity index (χ0n) is 39.8. The monoisotopic (exact) mass is 886 g/mol. The SMILES string of the molecule is CC(=O)c1ccc(OCCCN2CC=CCC2)cc1.CC(=O)c1ccc(OCc2ccc(CN3CCC(C)CC3)cc2)cc1.CCCC(=O)c1ccc(OCCCN2CCCCC2)cc1. The minimum Gasteiger partial charge on any atom is -0.494 e. The number of likely N-dealkylation sites (tertiary alicyclic amines) is 2. The maximum Gasteiger partial charge on any atom is 0.162 e. The quantitative estimate of drug-likeness (QED) is 0.0489. The number of ether oxygens (including phenoxy) is 3. The molecule has 0 radical (unpaired) electrons. The molecule has 0 amide bonds. The van der Waals surface area contributed by atoms with E-state index in [1.807, 2.05) is 67.6 Å². The van der Waals surface area contributed by atoms with Gasteiger partial charge in [-0.2, -0.15) is 0 Å². The van der Waals surface area contributed by atoms with Gasteiger partial charge in [0, 0.05) is 55.8 Å². The van der Waals surface area contributed by atoms with E-state index < -0.39 is 0 Å². The highest BCUT2D eigenvalue weighted by atomic mass is 16.5. The number of carbonyl (C=O) groups excluding carboxylic acids is 3. The molecular formula is C56H75N3O6. The van der Waals surface area contributed by atoms with Crippen molar-refractivity contribution in [3.63, 3.8) is 0 Å². The largest absolute Gasteiger partial charge is 0.494 e. The molecular weight excluding hydrogens is 811 g/mol. The van der Waals surface area contributed by atoms with Gasteiger partial charge in [-0.1, -0.05) is 56.7 Å². The second kappa shape index (κ2) is 28.7. The molecule has 9 nitrogen and oxygen atoms in total. The number of benzene rings is 4. The van der Waals surface area contributed by atoms with Crippen LogP contribution in [0.5, 0.6) is 17.2 Å². The van der Waals surface area contributed by atoms with Crippen LogP contribution in [0.4, 0.5) is 0 Å². The third-order valence-corrected chi connectivity index (χ3v) is 12.3. The van der Waals surface area contributed by atoms with E-state index >= 15 is 0 Å². The zero-order valence-corrected chi connectivity index (χ0v) is 39.8. The molecule has 65 heavy (non-hydrogen) atoms. The number of hydrogen-bond donors (Lipinski definition) is 0. The number of rotatable bonds is 20. The summed E-state index contributed by atoms with van der Waals surface area (Å²) >= 11 is 0. The fourth-order valence-corrected chi connectivity index (χ4v) is 8.10. The molecule has 2 fully saturated rings. The Morgan fingerprint density at radius 2 is 1.06 bits per heavy atom. The predicted molar refractivity (Wildman–Crippen MR) is 264 cm³/mol. The van der Waals surface area contributed by atoms with Gasteiger partial charge in [0.15, 0.2) is 17.3 Å². The molecule has 7 rings (SSSR count). The molecule has 2 saturated heterocycles. The summed E-state index contributed by atoms with van der Waals surface area (Å²) in [7, 11) is 0. The first kappa shape index (κ1) is 50.9. The second-order valence-electron chi connectivity index (χ2n) is 17.8. The topological polar surface area (TPSA) is 88.6 Å². The van der Waals surface area contributed by atoms with Crippen LogP contribution in [0.25, 0.3) is 0 Å². The highest BCUT2D eigenvalue weighted by Gasteiger charge is 2.16. The highest BCUT2D eigenvalue weighted by Crippen LogP contribution is 2.20. The van der Waals surface area contributed by atoms with E-state index in [0.717, 1.165) is 111 Å². The van der Waals surface area contributed by atoms with Gasteiger partial charge in [-0.3, -0.25) is 24.2 Å². The maximum atomic E-state index is 11.7. The molecule has 0 bridgehead atoms. The molecule has 0 saturated carbocycles. The minimum atomic E-state index is 0.0744. The van der Waals surface area contributed by atoms with E-state index in [-0.39, 0.29) is 17.3 Å². The first-order chi connectivity index (χ1) is 31.6. The van der Waals surface area contributed by atoms with Crippen LogP contribution in [0.1, 0.15) is 134 Å². The number of hydrogen-bond acceptors (Lipinski definition) is 9. The first-order valence-electron chi connectivity index (χ1n) is 24.3. The third-order valence-electron chi connectivity index (χ3n) is 12.3. The van der Waals surface area contributed by atoms with Gasteiger partial charge in [0.25, 0.3) is 0 Å². The predicted octanol–water partition coefficient (Wildman–Crippen LogP) is 11.5. The van der Waals surface area contributed by atoms with Crippen molar-refractivity contribution in [3.8, 4) is 17.2 Å². The van der Waals surface area contributed by atoms with Gasteiger partial charge in [0.1, 0.15) is 23.9 Å².